The molecule has 0 amide bonds. The van der Waals surface area contributed by atoms with Crippen LogP contribution in [0, 0.1) is 0 Å². The molecule has 0 aliphatic carbocycles. The number of carbonyl (C=O) groups excluding carboxylic acids is 3. The van der Waals surface area contributed by atoms with E-state index < -0.39 is 6.10 Å². The van der Waals surface area contributed by atoms with Crippen molar-refractivity contribution in [2.24, 2.45) is 0 Å². The zero-order valence-electron chi connectivity index (χ0n) is 39.5. The Bertz CT molecular complexity index is 958. The van der Waals surface area contributed by atoms with E-state index >= 15 is 0 Å². The molecule has 0 aliphatic rings. The second kappa shape index (κ2) is 48.6. The fourth-order valence-electron chi connectivity index (χ4n) is 7.49. The minimum Gasteiger partial charge on any atom is -0.462 e. The lowest BCUT2D eigenvalue weighted by molar-refractivity contribution is -0.167. The topological polar surface area (TPSA) is 78.9 Å². The third-order valence-electron chi connectivity index (χ3n) is 11.4. The summed E-state index contributed by atoms with van der Waals surface area (Å²) in [6.07, 6.45) is 54.4. The highest BCUT2D eigenvalue weighted by molar-refractivity contribution is 5.71. The molecule has 1 atom stereocenters. The van der Waals surface area contributed by atoms with E-state index in [4.69, 9.17) is 14.2 Å². The van der Waals surface area contributed by atoms with E-state index in [1.807, 2.05) is 0 Å². The Hall–Kier alpha value is -2.11. The first kappa shape index (κ1) is 56.9. The van der Waals surface area contributed by atoms with Crippen molar-refractivity contribution in [1.82, 2.24) is 0 Å². The van der Waals surface area contributed by atoms with Crippen LogP contribution in [0.15, 0.2) is 24.3 Å². The van der Waals surface area contributed by atoms with Gasteiger partial charge in [0.15, 0.2) is 6.10 Å². The lowest BCUT2D eigenvalue weighted by Crippen LogP contribution is -2.30. The van der Waals surface area contributed by atoms with Crippen molar-refractivity contribution >= 4 is 17.9 Å². The van der Waals surface area contributed by atoms with Crippen LogP contribution in [-0.4, -0.2) is 37.2 Å². The zero-order valence-corrected chi connectivity index (χ0v) is 39.5. The van der Waals surface area contributed by atoms with Gasteiger partial charge < -0.3 is 14.2 Å². The predicted octanol–water partition coefficient (Wildman–Crippen LogP) is 16.8. The van der Waals surface area contributed by atoms with E-state index in [9.17, 15) is 14.4 Å². The summed E-state index contributed by atoms with van der Waals surface area (Å²) in [5, 5.41) is 0. The average Bonchev–Trinajstić information content (AvgIpc) is 3.23. The number of ether oxygens (including phenoxy) is 3. The summed E-state index contributed by atoms with van der Waals surface area (Å²) < 4.78 is 16.8. The Kier molecular flexibility index (Phi) is 46.8. The van der Waals surface area contributed by atoms with Gasteiger partial charge in [0, 0.05) is 19.3 Å². The molecule has 0 saturated carbocycles. The molecule has 0 N–H and O–H groups in total. The second-order valence-electron chi connectivity index (χ2n) is 17.4. The molecule has 0 aliphatic heterocycles. The first-order valence-electron chi connectivity index (χ1n) is 25.8. The van der Waals surface area contributed by atoms with Crippen LogP contribution in [0.2, 0.25) is 0 Å². The van der Waals surface area contributed by atoms with Gasteiger partial charge in [0.05, 0.1) is 0 Å². The standard InChI is InChI=1S/C53H98O6/c1-4-7-10-13-16-19-22-24-26-28-31-34-37-40-43-46-52(55)58-49-50(48-57-51(54)45-42-39-36-33-30-21-18-15-12-9-6-3)59-53(56)47-44-41-38-35-32-29-27-25-23-20-17-14-11-8-5-2/h19-20,22-23,50H,4-18,21,24-49H2,1-3H3/b22-19-,23-20-/t50-/m0/s1. The third kappa shape index (κ3) is 46.8. The van der Waals surface area contributed by atoms with E-state index in [2.05, 4.69) is 45.1 Å². The van der Waals surface area contributed by atoms with Gasteiger partial charge in [0.2, 0.25) is 0 Å². The minimum atomic E-state index is -0.769. The molecule has 0 radical (unpaired) electrons. The molecule has 346 valence electrons. The predicted molar refractivity (Wildman–Crippen MR) is 252 cm³/mol. The van der Waals surface area contributed by atoms with Crippen LogP contribution in [0.3, 0.4) is 0 Å². The second-order valence-corrected chi connectivity index (χ2v) is 17.4. The third-order valence-corrected chi connectivity index (χ3v) is 11.4. The maximum atomic E-state index is 12.8. The molecule has 0 aromatic heterocycles. The van der Waals surface area contributed by atoms with Crippen molar-refractivity contribution in [1.29, 1.82) is 0 Å². The number of hydrogen-bond donors (Lipinski definition) is 0. The Morgan fingerprint density at radius 3 is 0.864 bits per heavy atom. The molecule has 0 spiro atoms. The molecule has 0 fully saturated rings. The van der Waals surface area contributed by atoms with E-state index in [0.717, 1.165) is 57.8 Å². The van der Waals surface area contributed by atoms with Gasteiger partial charge in [-0.3, -0.25) is 14.4 Å². The molecular weight excluding hydrogens is 733 g/mol. The highest BCUT2D eigenvalue weighted by Gasteiger charge is 2.19. The van der Waals surface area contributed by atoms with Crippen molar-refractivity contribution in [2.75, 3.05) is 13.2 Å². The molecule has 6 heteroatoms. The summed E-state index contributed by atoms with van der Waals surface area (Å²) in [6.45, 7) is 6.62. The van der Waals surface area contributed by atoms with E-state index in [1.165, 1.54) is 180 Å². The van der Waals surface area contributed by atoms with Crippen LogP contribution in [0.25, 0.3) is 0 Å². The SMILES string of the molecule is CCCCCC/C=C\CCCCCCCCCC(=O)OC[C@H](COC(=O)CCCCCCCCCCCCC)OC(=O)CCCCCCCCC/C=C\CCCCCC. The van der Waals surface area contributed by atoms with Crippen molar-refractivity contribution in [3.05, 3.63) is 24.3 Å². The molecule has 0 aromatic carbocycles. The van der Waals surface area contributed by atoms with Gasteiger partial charge in [-0.05, 0) is 70.6 Å². The van der Waals surface area contributed by atoms with Crippen LogP contribution in [0.5, 0.6) is 0 Å². The van der Waals surface area contributed by atoms with E-state index in [1.54, 1.807) is 0 Å². The monoisotopic (exact) mass is 831 g/mol. The van der Waals surface area contributed by atoms with Gasteiger partial charge in [-0.2, -0.15) is 0 Å². The quantitative estimate of drug-likeness (QED) is 0.0263. The van der Waals surface area contributed by atoms with Crippen LogP contribution in [0.1, 0.15) is 278 Å². The molecule has 0 unspecified atom stereocenters. The molecule has 59 heavy (non-hydrogen) atoms. The fraction of sp³-hybridized carbons (Fsp3) is 0.868. The number of hydrogen-bond acceptors (Lipinski definition) is 6. The lowest BCUT2D eigenvalue weighted by Gasteiger charge is -2.18. The van der Waals surface area contributed by atoms with Gasteiger partial charge in [-0.15, -0.1) is 0 Å². The smallest absolute Gasteiger partial charge is 0.306 e. The average molecular weight is 831 g/mol. The Labute approximate surface area is 366 Å². The molecule has 0 bridgehead atoms. The summed E-state index contributed by atoms with van der Waals surface area (Å²) in [6, 6.07) is 0. The maximum absolute atomic E-state index is 12.8. The molecular formula is C53H98O6. The molecule has 0 rings (SSSR count). The molecule has 6 nitrogen and oxygen atoms in total. The summed E-state index contributed by atoms with van der Waals surface area (Å²) >= 11 is 0. The fourth-order valence-corrected chi connectivity index (χ4v) is 7.49. The summed E-state index contributed by atoms with van der Waals surface area (Å²) in [5.74, 6) is -0.869. The van der Waals surface area contributed by atoms with Crippen LogP contribution in [0.4, 0.5) is 0 Å². The number of rotatable bonds is 47. The van der Waals surface area contributed by atoms with Crippen molar-refractivity contribution in [3.63, 3.8) is 0 Å². The van der Waals surface area contributed by atoms with Crippen LogP contribution < -0.4 is 0 Å². The Balaban J connectivity index is 4.34. The zero-order chi connectivity index (χ0) is 43.0. The number of unbranched alkanes of at least 4 members (excludes halogenated alkanes) is 32. The molecule has 0 saturated heterocycles. The summed E-state index contributed by atoms with van der Waals surface area (Å²) in [4.78, 5) is 37.9. The highest BCUT2D eigenvalue weighted by atomic mass is 16.6. The minimum absolute atomic E-state index is 0.0708. The molecule has 0 aromatic rings. The first-order chi connectivity index (χ1) is 29.0. The lowest BCUT2D eigenvalue weighted by atomic mass is 10.1. The number of esters is 3. The Morgan fingerprint density at radius 1 is 0.322 bits per heavy atom. The summed E-state index contributed by atoms with van der Waals surface area (Å²) in [7, 11) is 0. The van der Waals surface area contributed by atoms with Gasteiger partial charge >= 0.3 is 17.9 Å². The van der Waals surface area contributed by atoms with Crippen molar-refractivity contribution in [2.45, 2.75) is 284 Å². The van der Waals surface area contributed by atoms with E-state index in [-0.39, 0.29) is 31.1 Å². The van der Waals surface area contributed by atoms with Gasteiger partial charge in [0.25, 0.3) is 0 Å². The van der Waals surface area contributed by atoms with Gasteiger partial charge in [0.1, 0.15) is 13.2 Å². The van der Waals surface area contributed by atoms with Crippen LogP contribution >= 0.6 is 0 Å². The van der Waals surface area contributed by atoms with Gasteiger partial charge in [-0.25, -0.2) is 0 Å². The molecule has 0 heterocycles. The maximum Gasteiger partial charge on any atom is 0.306 e. The van der Waals surface area contributed by atoms with Gasteiger partial charge in [-0.1, -0.05) is 212 Å². The normalized spacial score (nSPS) is 12.1. The summed E-state index contributed by atoms with van der Waals surface area (Å²) in [5.41, 5.74) is 0. The van der Waals surface area contributed by atoms with Crippen molar-refractivity contribution in [3.8, 4) is 0 Å². The Morgan fingerprint density at radius 2 is 0.559 bits per heavy atom. The highest BCUT2D eigenvalue weighted by Crippen LogP contribution is 2.15. The first-order valence-corrected chi connectivity index (χ1v) is 25.8. The largest absolute Gasteiger partial charge is 0.462 e. The van der Waals surface area contributed by atoms with Crippen molar-refractivity contribution < 1.29 is 28.6 Å². The van der Waals surface area contributed by atoms with E-state index in [0.29, 0.717) is 19.3 Å². The van der Waals surface area contributed by atoms with Crippen LogP contribution in [-0.2, 0) is 28.6 Å². The number of allylic oxidation sites excluding steroid dienone is 4. The number of carbonyl (C=O) groups is 3.